The highest BCUT2D eigenvalue weighted by Crippen LogP contribution is 2.20. The van der Waals surface area contributed by atoms with E-state index < -0.39 is 0 Å². The van der Waals surface area contributed by atoms with E-state index in [1.54, 1.807) is 6.20 Å². The SMILES string of the molecule is Cc1cccc2cc(-c3nccn3CCN3CCCCCC3)c(=O)[nH]c12. The van der Waals surface area contributed by atoms with Gasteiger partial charge in [-0.25, -0.2) is 4.98 Å². The lowest BCUT2D eigenvalue weighted by atomic mass is 10.1. The minimum Gasteiger partial charge on any atom is -0.330 e. The van der Waals surface area contributed by atoms with E-state index in [0.717, 1.165) is 35.4 Å². The van der Waals surface area contributed by atoms with Crippen molar-refractivity contribution < 1.29 is 0 Å². The first kappa shape index (κ1) is 17.0. The van der Waals surface area contributed by atoms with Crippen molar-refractivity contribution in [3.05, 3.63) is 52.6 Å². The van der Waals surface area contributed by atoms with E-state index in [9.17, 15) is 4.79 Å². The van der Waals surface area contributed by atoms with Crippen LogP contribution in [0.1, 0.15) is 31.2 Å². The highest BCUT2D eigenvalue weighted by atomic mass is 16.1. The van der Waals surface area contributed by atoms with Gasteiger partial charge in [-0.15, -0.1) is 0 Å². The Kier molecular flexibility index (Phi) is 4.89. The van der Waals surface area contributed by atoms with Gasteiger partial charge in [-0.3, -0.25) is 4.79 Å². The van der Waals surface area contributed by atoms with Crippen molar-refractivity contribution >= 4 is 10.9 Å². The van der Waals surface area contributed by atoms with Crippen LogP contribution in [0.25, 0.3) is 22.3 Å². The lowest BCUT2D eigenvalue weighted by Gasteiger charge is -2.20. The number of aryl methyl sites for hydroxylation is 1. The van der Waals surface area contributed by atoms with Crippen LogP contribution in [0.5, 0.6) is 0 Å². The van der Waals surface area contributed by atoms with Crippen molar-refractivity contribution in [2.45, 2.75) is 39.2 Å². The Morgan fingerprint density at radius 1 is 1.12 bits per heavy atom. The minimum absolute atomic E-state index is 0.0750. The highest BCUT2D eigenvalue weighted by molar-refractivity contribution is 5.84. The normalized spacial score (nSPS) is 16.0. The number of nitrogens with one attached hydrogen (secondary N) is 1. The van der Waals surface area contributed by atoms with Crippen LogP contribution in [0, 0.1) is 6.92 Å². The largest absolute Gasteiger partial charge is 0.330 e. The molecular formula is C21H26N4O. The molecule has 1 aliphatic heterocycles. The van der Waals surface area contributed by atoms with Crippen molar-refractivity contribution in [3.8, 4) is 11.4 Å². The van der Waals surface area contributed by atoms with Crippen molar-refractivity contribution in [1.82, 2.24) is 19.4 Å². The van der Waals surface area contributed by atoms with Gasteiger partial charge < -0.3 is 14.5 Å². The highest BCUT2D eigenvalue weighted by Gasteiger charge is 2.14. The zero-order chi connectivity index (χ0) is 17.9. The third kappa shape index (κ3) is 3.44. The van der Waals surface area contributed by atoms with Gasteiger partial charge >= 0.3 is 0 Å². The Hall–Kier alpha value is -2.40. The quantitative estimate of drug-likeness (QED) is 0.782. The molecule has 0 amide bonds. The zero-order valence-electron chi connectivity index (χ0n) is 15.4. The van der Waals surface area contributed by atoms with E-state index in [2.05, 4.69) is 19.4 Å². The first-order valence-corrected chi connectivity index (χ1v) is 9.59. The molecule has 1 N–H and O–H groups in total. The summed E-state index contributed by atoms with van der Waals surface area (Å²) in [5.74, 6) is 0.754. The van der Waals surface area contributed by atoms with Crippen LogP contribution in [0.4, 0.5) is 0 Å². The fourth-order valence-corrected chi connectivity index (χ4v) is 3.89. The van der Waals surface area contributed by atoms with Gasteiger partial charge in [-0.1, -0.05) is 31.0 Å². The van der Waals surface area contributed by atoms with Crippen LogP contribution in [0.15, 0.2) is 41.5 Å². The number of fused-ring (bicyclic) bond motifs is 1. The third-order valence-electron chi connectivity index (χ3n) is 5.40. The molecule has 3 heterocycles. The summed E-state index contributed by atoms with van der Waals surface area (Å²) in [4.78, 5) is 22.7. The molecule has 1 saturated heterocycles. The molecule has 3 aromatic rings. The number of likely N-dealkylation sites (tertiary alicyclic amines) is 1. The van der Waals surface area contributed by atoms with Crippen LogP contribution < -0.4 is 5.56 Å². The first-order chi connectivity index (χ1) is 12.7. The summed E-state index contributed by atoms with van der Waals surface area (Å²) in [6, 6.07) is 8.03. The molecule has 0 atom stereocenters. The van der Waals surface area contributed by atoms with Gasteiger partial charge in [0, 0.05) is 25.5 Å². The summed E-state index contributed by atoms with van der Waals surface area (Å²) in [6.07, 6.45) is 9.04. The summed E-state index contributed by atoms with van der Waals surface area (Å²) < 4.78 is 2.11. The average Bonchev–Trinajstić information content (AvgIpc) is 2.94. The van der Waals surface area contributed by atoms with Gasteiger partial charge in [-0.2, -0.15) is 0 Å². The van der Waals surface area contributed by atoms with E-state index in [4.69, 9.17) is 0 Å². The molecular weight excluding hydrogens is 324 g/mol. The summed E-state index contributed by atoms with van der Waals surface area (Å²) in [5.41, 5.74) is 2.55. The lowest BCUT2D eigenvalue weighted by Crippen LogP contribution is -2.28. The molecule has 0 saturated carbocycles. The molecule has 4 rings (SSSR count). The molecule has 1 aliphatic rings. The molecule has 0 radical (unpaired) electrons. The van der Waals surface area contributed by atoms with Crippen molar-refractivity contribution in [3.63, 3.8) is 0 Å². The molecule has 0 aliphatic carbocycles. The maximum absolute atomic E-state index is 12.7. The summed E-state index contributed by atoms with van der Waals surface area (Å²) in [5, 5.41) is 1.04. The molecule has 1 aromatic carbocycles. The van der Waals surface area contributed by atoms with Crippen LogP contribution in [0.2, 0.25) is 0 Å². The predicted molar refractivity (Wildman–Crippen MR) is 105 cm³/mol. The first-order valence-electron chi connectivity index (χ1n) is 9.59. The van der Waals surface area contributed by atoms with E-state index in [-0.39, 0.29) is 5.56 Å². The molecule has 0 spiro atoms. The summed E-state index contributed by atoms with van der Waals surface area (Å²) in [7, 11) is 0. The van der Waals surface area contributed by atoms with Gasteiger partial charge in [-0.05, 0) is 49.9 Å². The number of imidazole rings is 1. The molecule has 2 aromatic heterocycles. The van der Waals surface area contributed by atoms with Crippen LogP contribution in [-0.4, -0.2) is 39.1 Å². The maximum atomic E-state index is 12.7. The standard InChI is InChI=1S/C21H26N4O/c1-16-7-6-8-17-15-18(21(26)23-19(16)17)20-22-9-12-25(20)14-13-24-10-4-2-3-5-11-24/h6-9,12,15H,2-5,10-11,13-14H2,1H3,(H,23,26). The van der Waals surface area contributed by atoms with Gasteiger partial charge in [0.15, 0.2) is 0 Å². The molecule has 26 heavy (non-hydrogen) atoms. The molecule has 1 fully saturated rings. The van der Waals surface area contributed by atoms with Gasteiger partial charge in [0.05, 0.1) is 11.1 Å². The second-order valence-corrected chi connectivity index (χ2v) is 7.25. The summed E-state index contributed by atoms with van der Waals surface area (Å²) >= 11 is 0. The summed E-state index contributed by atoms with van der Waals surface area (Å²) in [6.45, 7) is 6.24. The van der Waals surface area contributed by atoms with Crippen LogP contribution in [-0.2, 0) is 6.54 Å². The van der Waals surface area contributed by atoms with Gasteiger partial charge in [0.2, 0.25) is 0 Å². The second-order valence-electron chi connectivity index (χ2n) is 7.25. The predicted octanol–water partition coefficient (Wildman–Crippen LogP) is 3.58. The number of benzene rings is 1. The van der Waals surface area contributed by atoms with Gasteiger partial charge in [0.25, 0.3) is 5.56 Å². The Morgan fingerprint density at radius 3 is 2.73 bits per heavy atom. The van der Waals surface area contributed by atoms with E-state index in [1.165, 1.54) is 38.8 Å². The third-order valence-corrected chi connectivity index (χ3v) is 5.40. The Morgan fingerprint density at radius 2 is 1.92 bits per heavy atom. The van der Waals surface area contributed by atoms with Crippen molar-refractivity contribution in [1.29, 1.82) is 0 Å². The fourth-order valence-electron chi connectivity index (χ4n) is 3.89. The monoisotopic (exact) mass is 350 g/mol. The molecule has 5 heteroatoms. The number of nitrogens with zero attached hydrogens (tertiary/aromatic N) is 3. The zero-order valence-corrected chi connectivity index (χ0v) is 15.4. The van der Waals surface area contributed by atoms with E-state index in [0.29, 0.717) is 5.56 Å². The Balaban J connectivity index is 1.61. The number of para-hydroxylation sites is 1. The number of aromatic nitrogens is 3. The topological polar surface area (TPSA) is 53.9 Å². The Bertz CT molecular complexity index is 948. The minimum atomic E-state index is -0.0750. The Labute approximate surface area is 153 Å². The van der Waals surface area contributed by atoms with Crippen molar-refractivity contribution in [2.24, 2.45) is 0 Å². The van der Waals surface area contributed by atoms with Crippen molar-refractivity contribution in [2.75, 3.05) is 19.6 Å². The van der Waals surface area contributed by atoms with E-state index in [1.807, 2.05) is 37.4 Å². The van der Waals surface area contributed by atoms with Crippen LogP contribution >= 0.6 is 0 Å². The maximum Gasteiger partial charge on any atom is 0.259 e. The molecule has 5 nitrogen and oxygen atoms in total. The number of pyridine rings is 1. The molecule has 136 valence electrons. The average molecular weight is 350 g/mol. The molecule has 0 unspecified atom stereocenters. The van der Waals surface area contributed by atoms with E-state index >= 15 is 0 Å². The smallest absolute Gasteiger partial charge is 0.259 e. The van der Waals surface area contributed by atoms with Gasteiger partial charge in [0.1, 0.15) is 5.82 Å². The van der Waals surface area contributed by atoms with Crippen LogP contribution in [0.3, 0.4) is 0 Å². The second kappa shape index (κ2) is 7.46. The number of rotatable bonds is 4. The number of aromatic amines is 1. The number of H-pyrrole nitrogens is 1. The number of hydrogen-bond acceptors (Lipinski definition) is 3. The lowest BCUT2D eigenvalue weighted by molar-refractivity contribution is 0.274. The fraction of sp³-hybridized carbons (Fsp3) is 0.429. The number of hydrogen-bond donors (Lipinski definition) is 1. The molecule has 0 bridgehead atoms.